The van der Waals surface area contributed by atoms with Crippen LogP contribution in [0.4, 0.5) is 0 Å². The van der Waals surface area contributed by atoms with Gasteiger partial charge in [0.2, 0.25) is 0 Å². The molecule has 0 aromatic heterocycles. The second-order valence-electron chi connectivity index (χ2n) is 9.62. The molecular formula is C20H34O4. The Morgan fingerprint density at radius 3 is 2.42 bits per heavy atom. The molecule has 4 N–H and O–H groups in total. The van der Waals surface area contributed by atoms with E-state index in [2.05, 4.69) is 26.8 Å². The molecule has 2 unspecified atom stereocenters. The maximum Gasteiger partial charge on any atom is 0.0913 e. The third-order valence-corrected chi connectivity index (χ3v) is 8.11. The van der Waals surface area contributed by atoms with Crippen LogP contribution < -0.4 is 0 Å². The van der Waals surface area contributed by atoms with Gasteiger partial charge in [0, 0.05) is 10.8 Å². The van der Waals surface area contributed by atoms with Crippen LogP contribution in [0.1, 0.15) is 66.2 Å². The van der Waals surface area contributed by atoms with Crippen molar-refractivity contribution < 1.29 is 20.4 Å². The third-order valence-electron chi connectivity index (χ3n) is 8.11. The Hall–Kier alpha value is -0.420. The molecule has 2 fully saturated rings. The largest absolute Gasteiger partial charge is 0.394 e. The molecule has 0 saturated heterocycles. The molecule has 0 heterocycles. The van der Waals surface area contributed by atoms with Crippen LogP contribution >= 0.6 is 0 Å². The molecule has 0 amide bonds. The van der Waals surface area contributed by atoms with Crippen molar-refractivity contribution in [3.8, 4) is 0 Å². The number of aliphatic hydroxyl groups excluding tert-OH is 3. The summed E-state index contributed by atoms with van der Waals surface area (Å²) in [6, 6.07) is 0. The van der Waals surface area contributed by atoms with Crippen molar-refractivity contribution in [2.45, 2.75) is 84.0 Å². The summed E-state index contributed by atoms with van der Waals surface area (Å²) in [6.07, 6.45) is 5.56. The van der Waals surface area contributed by atoms with Gasteiger partial charge in [-0.05, 0) is 55.4 Å². The van der Waals surface area contributed by atoms with Crippen LogP contribution in [-0.2, 0) is 0 Å². The lowest BCUT2D eigenvalue weighted by molar-refractivity contribution is -0.195. The van der Waals surface area contributed by atoms with Crippen LogP contribution in [-0.4, -0.2) is 44.8 Å². The van der Waals surface area contributed by atoms with E-state index in [0.29, 0.717) is 12.8 Å². The summed E-state index contributed by atoms with van der Waals surface area (Å²) in [5.41, 5.74) is -0.731. The molecule has 138 valence electrons. The zero-order chi connectivity index (χ0) is 18.0. The van der Waals surface area contributed by atoms with Crippen LogP contribution in [0.15, 0.2) is 11.6 Å². The lowest BCUT2D eigenvalue weighted by atomic mass is 9.43. The van der Waals surface area contributed by atoms with Gasteiger partial charge in [0.15, 0.2) is 0 Å². The normalized spacial score (nSPS) is 48.9. The Balaban J connectivity index is 2.02. The van der Waals surface area contributed by atoms with E-state index in [-0.39, 0.29) is 29.5 Å². The summed E-state index contributed by atoms with van der Waals surface area (Å²) >= 11 is 0. The van der Waals surface area contributed by atoms with Crippen molar-refractivity contribution in [3.05, 3.63) is 11.6 Å². The minimum Gasteiger partial charge on any atom is -0.394 e. The zero-order valence-corrected chi connectivity index (χ0v) is 15.5. The van der Waals surface area contributed by atoms with Gasteiger partial charge < -0.3 is 20.4 Å². The fraction of sp³-hybridized carbons (Fsp3) is 0.900. The van der Waals surface area contributed by atoms with E-state index in [0.717, 1.165) is 31.3 Å². The van der Waals surface area contributed by atoms with Gasteiger partial charge in [-0.25, -0.2) is 0 Å². The molecule has 4 nitrogen and oxygen atoms in total. The molecular weight excluding hydrogens is 304 g/mol. The van der Waals surface area contributed by atoms with Gasteiger partial charge in [0.25, 0.3) is 0 Å². The van der Waals surface area contributed by atoms with Gasteiger partial charge in [0.1, 0.15) is 0 Å². The molecule has 3 aliphatic carbocycles. The molecule has 2 saturated carbocycles. The second kappa shape index (κ2) is 5.54. The minimum atomic E-state index is -0.859. The Morgan fingerprint density at radius 2 is 1.79 bits per heavy atom. The Labute approximate surface area is 145 Å². The second-order valence-corrected chi connectivity index (χ2v) is 9.62. The molecule has 4 heteroatoms. The number of aliphatic hydroxyl groups is 4. The van der Waals surface area contributed by atoms with Gasteiger partial charge >= 0.3 is 0 Å². The molecule has 3 aliphatic rings. The summed E-state index contributed by atoms with van der Waals surface area (Å²) in [5.74, 6) is 0.281. The molecule has 24 heavy (non-hydrogen) atoms. The van der Waals surface area contributed by atoms with Crippen molar-refractivity contribution in [1.29, 1.82) is 0 Å². The van der Waals surface area contributed by atoms with Gasteiger partial charge in [-0.1, -0.05) is 33.8 Å². The zero-order valence-electron chi connectivity index (χ0n) is 15.5. The number of rotatable bonds is 2. The maximum atomic E-state index is 11.8. The van der Waals surface area contributed by atoms with Gasteiger partial charge in [0.05, 0.1) is 24.4 Å². The average Bonchev–Trinajstić information content (AvgIpc) is 2.52. The lowest BCUT2D eigenvalue weighted by Crippen LogP contribution is -2.64. The van der Waals surface area contributed by atoms with Crippen LogP contribution in [0.3, 0.4) is 0 Å². The predicted molar refractivity (Wildman–Crippen MR) is 93.3 cm³/mol. The predicted octanol–water partition coefficient (Wildman–Crippen LogP) is 2.39. The molecule has 0 radical (unpaired) electrons. The van der Waals surface area contributed by atoms with Crippen molar-refractivity contribution in [2.24, 2.45) is 22.2 Å². The van der Waals surface area contributed by atoms with Crippen molar-refractivity contribution in [1.82, 2.24) is 0 Å². The van der Waals surface area contributed by atoms with Crippen LogP contribution in [0.2, 0.25) is 0 Å². The average molecular weight is 338 g/mol. The third kappa shape index (κ3) is 2.26. The molecule has 0 aromatic rings. The van der Waals surface area contributed by atoms with Crippen LogP contribution in [0.25, 0.3) is 0 Å². The molecule has 0 spiro atoms. The van der Waals surface area contributed by atoms with Crippen molar-refractivity contribution in [2.75, 3.05) is 6.61 Å². The number of fused-ring (bicyclic) bond motifs is 3. The first kappa shape index (κ1) is 18.4. The first-order valence-corrected chi connectivity index (χ1v) is 9.43. The fourth-order valence-electron chi connectivity index (χ4n) is 6.12. The first-order valence-electron chi connectivity index (χ1n) is 9.43. The van der Waals surface area contributed by atoms with Crippen molar-refractivity contribution in [3.63, 3.8) is 0 Å². The fourth-order valence-corrected chi connectivity index (χ4v) is 6.12. The lowest BCUT2D eigenvalue weighted by Gasteiger charge is -2.64. The highest BCUT2D eigenvalue weighted by atomic mass is 16.3. The van der Waals surface area contributed by atoms with Gasteiger partial charge in [-0.3, -0.25) is 0 Å². The van der Waals surface area contributed by atoms with E-state index in [1.807, 2.05) is 6.92 Å². The molecule has 6 atom stereocenters. The smallest absolute Gasteiger partial charge is 0.0913 e. The van der Waals surface area contributed by atoms with E-state index >= 15 is 0 Å². The quantitative estimate of drug-likeness (QED) is 0.583. The Morgan fingerprint density at radius 1 is 1.12 bits per heavy atom. The van der Waals surface area contributed by atoms with E-state index in [4.69, 9.17) is 0 Å². The summed E-state index contributed by atoms with van der Waals surface area (Å²) in [7, 11) is 0. The molecule has 3 rings (SSSR count). The van der Waals surface area contributed by atoms with E-state index in [9.17, 15) is 20.4 Å². The summed E-state index contributed by atoms with van der Waals surface area (Å²) in [6.45, 7) is 8.20. The topological polar surface area (TPSA) is 80.9 Å². The highest BCUT2D eigenvalue weighted by Crippen LogP contribution is 2.65. The molecule has 0 aliphatic heterocycles. The van der Waals surface area contributed by atoms with E-state index in [1.165, 1.54) is 0 Å². The SMILES string of the molecule is CC1(C)C(O)CC[C@]2(C)[C@@H]1CCC1=C[C@@](C)(C(O)CO)CC[C@]12O. The minimum absolute atomic E-state index is 0.195. The molecule has 0 bridgehead atoms. The standard InChI is InChI=1S/C20H34O4/c1-17(2)14-6-5-13-11-18(3,16(23)12-21)9-10-20(13,24)19(14,4)8-7-15(17)22/h11,14-16,21-24H,5-10,12H2,1-4H3/t14-,15?,16?,18+,19-,20+/m1/s1. The van der Waals surface area contributed by atoms with Crippen molar-refractivity contribution >= 4 is 0 Å². The Bertz CT molecular complexity index is 542. The monoisotopic (exact) mass is 338 g/mol. The molecule has 0 aromatic carbocycles. The highest BCUT2D eigenvalue weighted by molar-refractivity contribution is 5.33. The van der Waals surface area contributed by atoms with Crippen LogP contribution in [0.5, 0.6) is 0 Å². The van der Waals surface area contributed by atoms with E-state index < -0.39 is 17.1 Å². The van der Waals surface area contributed by atoms with Crippen LogP contribution in [0, 0.1) is 22.2 Å². The number of hydrogen-bond donors (Lipinski definition) is 4. The Kier molecular flexibility index (Phi) is 4.24. The summed E-state index contributed by atoms with van der Waals surface area (Å²) in [5, 5.41) is 41.9. The first-order chi connectivity index (χ1) is 11.0. The van der Waals surface area contributed by atoms with Gasteiger partial charge in [-0.15, -0.1) is 0 Å². The van der Waals surface area contributed by atoms with Gasteiger partial charge in [-0.2, -0.15) is 0 Å². The summed E-state index contributed by atoms with van der Waals surface area (Å²) < 4.78 is 0. The van der Waals surface area contributed by atoms with E-state index in [1.54, 1.807) is 0 Å². The number of hydrogen-bond acceptors (Lipinski definition) is 4. The maximum absolute atomic E-state index is 11.8. The highest BCUT2D eigenvalue weighted by Gasteiger charge is 2.63. The summed E-state index contributed by atoms with van der Waals surface area (Å²) in [4.78, 5) is 0.